The summed E-state index contributed by atoms with van der Waals surface area (Å²) >= 11 is 0. The zero-order valence-electron chi connectivity index (χ0n) is 11.5. The molecule has 0 bridgehead atoms. The van der Waals surface area contributed by atoms with Crippen molar-refractivity contribution < 1.29 is 4.42 Å². The van der Waals surface area contributed by atoms with Gasteiger partial charge in [0.05, 0.1) is 0 Å². The van der Waals surface area contributed by atoms with Crippen molar-refractivity contribution in [2.45, 2.75) is 51.5 Å². The molecule has 1 aromatic heterocycles. The van der Waals surface area contributed by atoms with E-state index in [1.807, 2.05) is 6.07 Å². The summed E-state index contributed by atoms with van der Waals surface area (Å²) in [5.41, 5.74) is 7.84. The third-order valence-corrected chi connectivity index (χ3v) is 4.39. The fraction of sp³-hybridized carbons (Fsp3) is 0.529. The number of benzene rings is 1. The predicted molar refractivity (Wildman–Crippen MR) is 79.0 cm³/mol. The Morgan fingerprint density at radius 2 is 1.95 bits per heavy atom. The fourth-order valence-corrected chi connectivity index (χ4v) is 3.22. The van der Waals surface area contributed by atoms with E-state index in [1.165, 1.54) is 49.5 Å². The van der Waals surface area contributed by atoms with Gasteiger partial charge in [0, 0.05) is 18.4 Å². The van der Waals surface area contributed by atoms with Crippen molar-refractivity contribution in [2.24, 2.45) is 11.7 Å². The molecule has 0 spiro atoms. The molecule has 2 nitrogen and oxygen atoms in total. The summed E-state index contributed by atoms with van der Waals surface area (Å²) in [5.74, 6) is 2.05. The SMILES string of the molecule is NCc1ccc2oc(CCC3CCCCC3)cc2c1. The molecule has 0 radical (unpaired) electrons. The maximum absolute atomic E-state index is 5.92. The van der Waals surface area contributed by atoms with Crippen LogP contribution < -0.4 is 5.73 Å². The lowest BCUT2D eigenvalue weighted by Crippen LogP contribution is -2.06. The zero-order valence-corrected chi connectivity index (χ0v) is 11.5. The first-order valence-corrected chi connectivity index (χ1v) is 7.56. The predicted octanol–water partition coefficient (Wildman–Crippen LogP) is 4.40. The number of aryl methyl sites for hydroxylation is 1. The smallest absolute Gasteiger partial charge is 0.134 e. The standard InChI is InChI=1S/C17H23NO/c18-12-14-7-9-17-15(10-14)11-16(19-17)8-6-13-4-2-1-3-5-13/h7,9-11,13H,1-6,8,12,18H2. The summed E-state index contributed by atoms with van der Waals surface area (Å²) in [6.45, 7) is 0.596. The van der Waals surface area contributed by atoms with E-state index < -0.39 is 0 Å². The van der Waals surface area contributed by atoms with Crippen LogP contribution in [0.5, 0.6) is 0 Å². The van der Waals surface area contributed by atoms with Gasteiger partial charge in [-0.25, -0.2) is 0 Å². The Morgan fingerprint density at radius 3 is 2.74 bits per heavy atom. The second kappa shape index (κ2) is 5.79. The average molecular weight is 257 g/mol. The first kappa shape index (κ1) is 12.7. The van der Waals surface area contributed by atoms with E-state index in [0.29, 0.717) is 6.54 Å². The van der Waals surface area contributed by atoms with E-state index in [2.05, 4.69) is 18.2 Å². The van der Waals surface area contributed by atoms with E-state index in [9.17, 15) is 0 Å². The lowest BCUT2D eigenvalue weighted by Gasteiger charge is -2.20. The topological polar surface area (TPSA) is 39.2 Å². The fourth-order valence-electron chi connectivity index (χ4n) is 3.22. The number of fused-ring (bicyclic) bond motifs is 1. The molecule has 0 amide bonds. The van der Waals surface area contributed by atoms with Crippen molar-refractivity contribution >= 4 is 11.0 Å². The van der Waals surface area contributed by atoms with Gasteiger partial charge in [0.25, 0.3) is 0 Å². The number of rotatable bonds is 4. The molecule has 2 aromatic rings. The Hall–Kier alpha value is -1.28. The van der Waals surface area contributed by atoms with Gasteiger partial charge in [-0.2, -0.15) is 0 Å². The molecule has 1 fully saturated rings. The average Bonchev–Trinajstić information content (AvgIpc) is 2.88. The zero-order chi connectivity index (χ0) is 13.1. The Balaban J connectivity index is 1.67. The lowest BCUT2D eigenvalue weighted by molar-refractivity contribution is 0.332. The van der Waals surface area contributed by atoms with E-state index in [4.69, 9.17) is 10.2 Å². The molecule has 0 saturated heterocycles. The van der Waals surface area contributed by atoms with Crippen LogP contribution in [0.15, 0.2) is 28.7 Å². The molecule has 3 rings (SSSR count). The molecule has 102 valence electrons. The van der Waals surface area contributed by atoms with Gasteiger partial charge in [0.15, 0.2) is 0 Å². The number of hydrogen-bond acceptors (Lipinski definition) is 2. The third kappa shape index (κ3) is 3.01. The molecule has 1 aliphatic carbocycles. The highest BCUT2D eigenvalue weighted by Crippen LogP contribution is 2.29. The molecule has 0 atom stereocenters. The molecule has 2 N–H and O–H groups in total. The molecule has 19 heavy (non-hydrogen) atoms. The lowest BCUT2D eigenvalue weighted by atomic mass is 9.86. The summed E-state index contributed by atoms with van der Waals surface area (Å²) in [6.07, 6.45) is 9.47. The van der Waals surface area contributed by atoms with Crippen molar-refractivity contribution in [3.63, 3.8) is 0 Å². The second-order valence-corrected chi connectivity index (χ2v) is 5.83. The minimum Gasteiger partial charge on any atom is -0.461 e. The van der Waals surface area contributed by atoms with E-state index in [-0.39, 0.29) is 0 Å². The van der Waals surface area contributed by atoms with Crippen molar-refractivity contribution in [1.82, 2.24) is 0 Å². The van der Waals surface area contributed by atoms with Crippen LogP contribution in [0, 0.1) is 5.92 Å². The minimum absolute atomic E-state index is 0.596. The third-order valence-electron chi connectivity index (χ3n) is 4.39. The maximum Gasteiger partial charge on any atom is 0.134 e. The second-order valence-electron chi connectivity index (χ2n) is 5.83. The van der Waals surface area contributed by atoms with Crippen molar-refractivity contribution in [3.05, 3.63) is 35.6 Å². The first-order chi connectivity index (χ1) is 9.35. The van der Waals surface area contributed by atoms with E-state index >= 15 is 0 Å². The first-order valence-electron chi connectivity index (χ1n) is 7.56. The number of furan rings is 1. The van der Waals surface area contributed by atoms with Crippen LogP contribution in [-0.4, -0.2) is 0 Å². The van der Waals surface area contributed by atoms with Gasteiger partial charge < -0.3 is 10.2 Å². The Labute approximate surface area is 115 Å². The van der Waals surface area contributed by atoms with Crippen LogP contribution in [-0.2, 0) is 13.0 Å². The molecule has 1 aliphatic rings. The van der Waals surface area contributed by atoms with Crippen LogP contribution in [0.25, 0.3) is 11.0 Å². The van der Waals surface area contributed by atoms with Crippen LogP contribution in [0.1, 0.15) is 49.8 Å². The van der Waals surface area contributed by atoms with Crippen molar-refractivity contribution in [1.29, 1.82) is 0 Å². The highest BCUT2D eigenvalue weighted by Gasteiger charge is 2.14. The van der Waals surface area contributed by atoms with Gasteiger partial charge in [-0.1, -0.05) is 38.2 Å². The van der Waals surface area contributed by atoms with Gasteiger partial charge in [-0.3, -0.25) is 0 Å². The molecule has 1 heterocycles. The quantitative estimate of drug-likeness (QED) is 0.881. The highest BCUT2D eigenvalue weighted by atomic mass is 16.3. The van der Waals surface area contributed by atoms with Gasteiger partial charge in [0.2, 0.25) is 0 Å². The summed E-state index contributed by atoms with van der Waals surface area (Å²) in [7, 11) is 0. The largest absolute Gasteiger partial charge is 0.461 e. The monoisotopic (exact) mass is 257 g/mol. The molecule has 0 unspecified atom stereocenters. The molecular formula is C17H23NO. The Kier molecular flexibility index (Phi) is 3.88. The summed E-state index contributed by atoms with van der Waals surface area (Å²) in [4.78, 5) is 0. The Bertz CT molecular complexity index is 537. The van der Waals surface area contributed by atoms with Gasteiger partial charge in [-0.05, 0) is 36.1 Å². The summed E-state index contributed by atoms with van der Waals surface area (Å²) in [6, 6.07) is 8.43. The van der Waals surface area contributed by atoms with Crippen molar-refractivity contribution in [2.75, 3.05) is 0 Å². The number of hydrogen-bond donors (Lipinski definition) is 1. The van der Waals surface area contributed by atoms with E-state index in [0.717, 1.165) is 23.7 Å². The summed E-state index contributed by atoms with van der Waals surface area (Å²) < 4.78 is 5.92. The molecule has 0 aliphatic heterocycles. The molecule has 2 heteroatoms. The van der Waals surface area contributed by atoms with Crippen LogP contribution in [0.3, 0.4) is 0 Å². The molecule has 1 saturated carbocycles. The highest BCUT2D eigenvalue weighted by molar-refractivity contribution is 5.78. The number of nitrogens with two attached hydrogens (primary N) is 1. The normalized spacial score (nSPS) is 17.1. The van der Waals surface area contributed by atoms with Crippen LogP contribution in [0.2, 0.25) is 0 Å². The van der Waals surface area contributed by atoms with Crippen molar-refractivity contribution in [3.8, 4) is 0 Å². The maximum atomic E-state index is 5.92. The Morgan fingerprint density at radius 1 is 1.11 bits per heavy atom. The van der Waals surface area contributed by atoms with Gasteiger partial charge >= 0.3 is 0 Å². The summed E-state index contributed by atoms with van der Waals surface area (Å²) in [5, 5.41) is 1.20. The van der Waals surface area contributed by atoms with Crippen LogP contribution in [0.4, 0.5) is 0 Å². The van der Waals surface area contributed by atoms with Gasteiger partial charge in [-0.15, -0.1) is 0 Å². The van der Waals surface area contributed by atoms with Gasteiger partial charge in [0.1, 0.15) is 11.3 Å². The molecule has 1 aromatic carbocycles. The van der Waals surface area contributed by atoms with Crippen LogP contribution >= 0.6 is 0 Å². The molecular weight excluding hydrogens is 234 g/mol. The minimum atomic E-state index is 0.596. The van der Waals surface area contributed by atoms with E-state index in [1.54, 1.807) is 0 Å².